The first-order chi connectivity index (χ1) is 12.3. The fourth-order valence-corrected chi connectivity index (χ4v) is 4.72. The van der Waals surface area contributed by atoms with E-state index >= 15 is 0 Å². The van der Waals surface area contributed by atoms with Crippen molar-refractivity contribution in [2.45, 2.75) is 18.9 Å². The van der Waals surface area contributed by atoms with Gasteiger partial charge in [0.15, 0.2) is 9.84 Å². The Hall–Kier alpha value is -1.80. The molecule has 0 aliphatic carbocycles. The monoisotopic (exact) mass is 383 g/mol. The molecule has 1 atom stereocenters. The molecule has 1 unspecified atom stereocenters. The summed E-state index contributed by atoms with van der Waals surface area (Å²) in [6.45, 7) is 1.72. The van der Waals surface area contributed by atoms with Crippen LogP contribution in [0.4, 0.5) is 4.79 Å². The molecule has 2 rings (SSSR count). The standard InChI is InChI=1S/C18H29N3O4S/c1-20(2)11-12-21(16-9-13-26(23,24)14-16)18(22)19-10-8-15-4-6-17(25-3)7-5-15/h4-7,16H,8-14H2,1-3H3,(H,19,22). The molecule has 7 nitrogen and oxygen atoms in total. The average molecular weight is 384 g/mol. The van der Waals surface area contributed by atoms with E-state index in [1.54, 1.807) is 12.0 Å². The molecule has 2 amide bonds. The van der Waals surface area contributed by atoms with Crippen LogP contribution in [0.1, 0.15) is 12.0 Å². The third-order valence-electron chi connectivity index (χ3n) is 4.55. The topological polar surface area (TPSA) is 79.0 Å². The quantitative estimate of drug-likeness (QED) is 0.724. The number of carbonyl (C=O) groups excluding carboxylic acids is 1. The largest absolute Gasteiger partial charge is 0.497 e. The Morgan fingerprint density at radius 2 is 1.92 bits per heavy atom. The van der Waals surface area contributed by atoms with E-state index in [9.17, 15) is 13.2 Å². The van der Waals surface area contributed by atoms with Crippen molar-refractivity contribution in [1.82, 2.24) is 15.1 Å². The van der Waals surface area contributed by atoms with Crippen molar-refractivity contribution in [3.05, 3.63) is 29.8 Å². The van der Waals surface area contributed by atoms with Crippen LogP contribution in [0, 0.1) is 0 Å². The Labute approximate surface area is 156 Å². The molecule has 0 saturated carbocycles. The summed E-state index contributed by atoms with van der Waals surface area (Å²) in [4.78, 5) is 16.3. The van der Waals surface area contributed by atoms with Gasteiger partial charge in [0.05, 0.1) is 18.6 Å². The summed E-state index contributed by atoms with van der Waals surface area (Å²) in [5, 5.41) is 2.93. The summed E-state index contributed by atoms with van der Waals surface area (Å²) in [5.41, 5.74) is 1.11. The van der Waals surface area contributed by atoms with E-state index in [0.717, 1.165) is 11.3 Å². The first-order valence-corrected chi connectivity index (χ1v) is 10.7. The second kappa shape index (κ2) is 9.23. The Kier molecular flexibility index (Phi) is 7.28. The van der Waals surface area contributed by atoms with Crippen LogP contribution in [0.2, 0.25) is 0 Å². The van der Waals surface area contributed by atoms with E-state index in [1.165, 1.54) is 0 Å². The highest BCUT2D eigenvalue weighted by molar-refractivity contribution is 7.91. The number of ether oxygens (including phenoxy) is 1. The number of sulfone groups is 1. The zero-order valence-electron chi connectivity index (χ0n) is 15.8. The molecule has 146 valence electrons. The number of likely N-dealkylation sites (N-methyl/N-ethyl adjacent to an activating group) is 1. The number of carbonyl (C=O) groups is 1. The maximum atomic E-state index is 12.6. The van der Waals surface area contributed by atoms with E-state index in [-0.39, 0.29) is 23.6 Å². The van der Waals surface area contributed by atoms with Crippen LogP contribution in [-0.4, -0.2) is 82.6 Å². The predicted molar refractivity (Wildman–Crippen MR) is 102 cm³/mol. The van der Waals surface area contributed by atoms with E-state index in [1.807, 2.05) is 43.3 Å². The molecule has 8 heteroatoms. The van der Waals surface area contributed by atoms with Crippen molar-refractivity contribution in [1.29, 1.82) is 0 Å². The summed E-state index contributed by atoms with van der Waals surface area (Å²) in [6.07, 6.45) is 1.22. The van der Waals surface area contributed by atoms with Gasteiger partial charge in [-0.25, -0.2) is 13.2 Å². The van der Waals surface area contributed by atoms with Gasteiger partial charge < -0.3 is 19.9 Å². The Balaban J connectivity index is 1.90. The number of benzene rings is 1. The summed E-state index contributed by atoms with van der Waals surface area (Å²) in [6, 6.07) is 7.30. The first-order valence-electron chi connectivity index (χ1n) is 8.83. The average Bonchev–Trinajstić information content (AvgIpc) is 2.95. The van der Waals surface area contributed by atoms with Gasteiger partial charge in [-0.05, 0) is 44.6 Å². The summed E-state index contributed by atoms with van der Waals surface area (Å²) >= 11 is 0. The van der Waals surface area contributed by atoms with Crippen LogP contribution >= 0.6 is 0 Å². The molecule has 1 aromatic rings. The minimum atomic E-state index is -3.03. The van der Waals surface area contributed by atoms with Gasteiger partial charge >= 0.3 is 6.03 Å². The molecular weight excluding hydrogens is 354 g/mol. The molecule has 0 bridgehead atoms. The lowest BCUT2D eigenvalue weighted by atomic mass is 10.1. The molecule has 0 aromatic heterocycles. The summed E-state index contributed by atoms with van der Waals surface area (Å²) in [5.74, 6) is 1.02. The second-order valence-corrected chi connectivity index (χ2v) is 9.11. The third kappa shape index (κ3) is 6.17. The molecule has 0 spiro atoms. The molecule has 1 aliphatic rings. The molecule has 1 heterocycles. The molecule has 1 aromatic carbocycles. The van der Waals surface area contributed by atoms with Gasteiger partial charge in [-0.1, -0.05) is 12.1 Å². The number of urea groups is 1. The lowest BCUT2D eigenvalue weighted by molar-refractivity contribution is 0.173. The van der Waals surface area contributed by atoms with Crippen LogP contribution in [0.25, 0.3) is 0 Å². The Morgan fingerprint density at radius 1 is 1.23 bits per heavy atom. The number of nitrogens with one attached hydrogen (secondary N) is 1. The zero-order chi connectivity index (χ0) is 19.2. The maximum Gasteiger partial charge on any atom is 0.317 e. The minimum Gasteiger partial charge on any atom is -0.497 e. The predicted octanol–water partition coefficient (Wildman–Crippen LogP) is 0.998. The molecule has 1 N–H and O–H groups in total. The highest BCUT2D eigenvalue weighted by atomic mass is 32.2. The summed E-state index contributed by atoms with van der Waals surface area (Å²) in [7, 11) is 2.47. The van der Waals surface area contributed by atoms with E-state index in [4.69, 9.17) is 4.74 Å². The van der Waals surface area contributed by atoms with Crippen molar-refractivity contribution >= 4 is 15.9 Å². The van der Waals surface area contributed by atoms with Gasteiger partial charge in [-0.15, -0.1) is 0 Å². The Morgan fingerprint density at radius 3 is 2.46 bits per heavy atom. The van der Waals surface area contributed by atoms with Gasteiger partial charge in [-0.3, -0.25) is 0 Å². The van der Waals surface area contributed by atoms with E-state index in [2.05, 4.69) is 5.32 Å². The van der Waals surface area contributed by atoms with Crippen LogP contribution < -0.4 is 10.1 Å². The third-order valence-corrected chi connectivity index (χ3v) is 6.30. The van der Waals surface area contributed by atoms with Crippen molar-refractivity contribution < 1.29 is 17.9 Å². The number of hydrogen-bond donors (Lipinski definition) is 1. The number of methoxy groups -OCH3 is 1. The fourth-order valence-electron chi connectivity index (χ4n) is 2.99. The van der Waals surface area contributed by atoms with Crippen LogP contribution in [0.5, 0.6) is 5.75 Å². The minimum absolute atomic E-state index is 0.0618. The van der Waals surface area contributed by atoms with Crippen molar-refractivity contribution in [2.24, 2.45) is 0 Å². The summed E-state index contributed by atoms with van der Waals surface area (Å²) < 4.78 is 28.7. The SMILES string of the molecule is COc1ccc(CCNC(=O)N(CCN(C)C)C2CCS(=O)(=O)C2)cc1. The Bertz CT molecular complexity index is 689. The lowest BCUT2D eigenvalue weighted by Crippen LogP contribution is -2.49. The maximum absolute atomic E-state index is 12.6. The van der Waals surface area contributed by atoms with E-state index < -0.39 is 9.84 Å². The van der Waals surface area contributed by atoms with Crippen molar-refractivity contribution in [3.63, 3.8) is 0 Å². The molecule has 1 saturated heterocycles. The molecule has 1 fully saturated rings. The molecule has 0 radical (unpaired) electrons. The highest BCUT2D eigenvalue weighted by Gasteiger charge is 2.34. The van der Waals surface area contributed by atoms with Gasteiger partial charge in [-0.2, -0.15) is 0 Å². The van der Waals surface area contributed by atoms with E-state index in [0.29, 0.717) is 32.5 Å². The van der Waals surface area contributed by atoms with Gasteiger partial charge in [0.2, 0.25) is 0 Å². The number of hydrogen-bond acceptors (Lipinski definition) is 5. The van der Waals surface area contributed by atoms with Crippen molar-refractivity contribution in [3.8, 4) is 5.75 Å². The van der Waals surface area contributed by atoms with Gasteiger partial charge in [0.1, 0.15) is 5.75 Å². The van der Waals surface area contributed by atoms with Crippen LogP contribution in [-0.2, 0) is 16.3 Å². The molecule has 1 aliphatic heterocycles. The lowest BCUT2D eigenvalue weighted by Gasteiger charge is -2.29. The van der Waals surface area contributed by atoms with Crippen LogP contribution in [0.3, 0.4) is 0 Å². The first kappa shape index (κ1) is 20.5. The smallest absolute Gasteiger partial charge is 0.317 e. The van der Waals surface area contributed by atoms with Crippen molar-refractivity contribution in [2.75, 3.05) is 52.3 Å². The highest BCUT2D eigenvalue weighted by Crippen LogP contribution is 2.18. The zero-order valence-corrected chi connectivity index (χ0v) is 16.6. The number of amides is 2. The van der Waals surface area contributed by atoms with Gasteiger partial charge in [0.25, 0.3) is 0 Å². The normalized spacial score (nSPS) is 18.7. The second-order valence-electron chi connectivity index (χ2n) is 6.88. The fraction of sp³-hybridized carbons (Fsp3) is 0.611. The van der Waals surface area contributed by atoms with Gasteiger partial charge in [0, 0.05) is 25.7 Å². The molecule has 26 heavy (non-hydrogen) atoms. The number of rotatable bonds is 8. The molecular formula is C18H29N3O4S. The number of nitrogens with zero attached hydrogens (tertiary/aromatic N) is 2. The van der Waals surface area contributed by atoms with Crippen LogP contribution in [0.15, 0.2) is 24.3 Å².